The molecule has 2 aliphatic heterocycles. The Hall–Kier alpha value is -3.08. The maximum Gasteiger partial charge on any atom is 0.239 e. The Morgan fingerprint density at radius 1 is 1.17 bits per heavy atom. The van der Waals surface area contributed by atoms with Crippen molar-refractivity contribution in [2.24, 2.45) is 5.92 Å². The van der Waals surface area contributed by atoms with Crippen LogP contribution in [0.1, 0.15) is 24.4 Å². The van der Waals surface area contributed by atoms with Crippen molar-refractivity contribution < 1.29 is 9.53 Å². The summed E-state index contributed by atoms with van der Waals surface area (Å²) >= 11 is 0. The van der Waals surface area contributed by atoms with Gasteiger partial charge in [0.15, 0.2) is 6.19 Å². The molecule has 2 heterocycles. The van der Waals surface area contributed by atoms with E-state index in [1.807, 2.05) is 54.6 Å². The molecule has 2 unspecified atom stereocenters. The Kier molecular flexibility index (Phi) is 4.38. The van der Waals surface area contributed by atoms with Crippen molar-refractivity contribution in [1.29, 1.82) is 5.26 Å². The fourth-order valence-corrected chi connectivity index (χ4v) is 4.50. The number of benzene rings is 2. The number of hydrogen-bond acceptors (Lipinski definition) is 6. The second kappa shape index (κ2) is 7.07. The van der Waals surface area contributed by atoms with Gasteiger partial charge in [-0.2, -0.15) is 5.26 Å². The van der Waals surface area contributed by atoms with Gasteiger partial charge in [-0.05, 0) is 31.0 Å². The molecule has 1 saturated carbocycles. The first-order chi connectivity index (χ1) is 14.2. The Morgan fingerprint density at radius 2 is 1.97 bits per heavy atom. The Morgan fingerprint density at radius 3 is 2.76 bits per heavy atom. The van der Waals surface area contributed by atoms with Gasteiger partial charge in [0.1, 0.15) is 17.5 Å². The zero-order chi connectivity index (χ0) is 19.8. The van der Waals surface area contributed by atoms with Crippen LogP contribution in [0.2, 0.25) is 0 Å². The molecule has 3 N–H and O–H groups in total. The molecule has 0 bridgehead atoms. The average molecular weight is 389 g/mol. The molecule has 0 spiro atoms. The number of hydrogen-bond donors (Lipinski definition) is 3. The van der Waals surface area contributed by atoms with Gasteiger partial charge in [0.2, 0.25) is 5.91 Å². The fraction of sp³-hybridized carbons (Fsp3) is 0.364. The van der Waals surface area contributed by atoms with E-state index in [9.17, 15) is 4.79 Å². The number of carbonyl (C=O) groups is 1. The average Bonchev–Trinajstić information content (AvgIpc) is 3.10. The second-order valence-electron chi connectivity index (χ2n) is 8.11. The summed E-state index contributed by atoms with van der Waals surface area (Å²) < 4.78 is 6.07. The molecule has 7 nitrogen and oxygen atoms in total. The minimum absolute atomic E-state index is 0.0104. The number of ether oxygens (including phenoxy) is 1. The fourth-order valence-electron chi connectivity index (χ4n) is 4.50. The van der Waals surface area contributed by atoms with E-state index in [0.717, 1.165) is 30.0 Å². The molecule has 7 heteroatoms. The molecule has 1 aliphatic carbocycles. The highest BCUT2D eigenvalue weighted by molar-refractivity contribution is 5.83. The van der Waals surface area contributed by atoms with Crippen LogP contribution in [0.5, 0.6) is 11.5 Å². The van der Waals surface area contributed by atoms with Crippen LogP contribution in [0.4, 0.5) is 0 Å². The van der Waals surface area contributed by atoms with E-state index in [4.69, 9.17) is 10.00 Å². The number of piperidine rings is 1. The molecule has 0 aromatic heterocycles. The zero-order valence-corrected chi connectivity index (χ0v) is 16.0. The molecule has 0 radical (unpaired) electrons. The number of rotatable bonds is 5. The van der Waals surface area contributed by atoms with Crippen molar-refractivity contribution >= 4 is 5.91 Å². The smallest absolute Gasteiger partial charge is 0.239 e. The van der Waals surface area contributed by atoms with Gasteiger partial charge in [-0.15, -0.1) is 0 Å². The molecule has 2 saturated heterocycles. The van der Waals surface area contributed by atoms with Crippen LogP contribution in [0.3, 0.4) is 0 Å². The van der Waals surface area contributed by atoms with Gasteiger partial charge in [-0.25, -0.2) is 10.9 Å². The number of amides is 1. The number of fused-ring (bicyclic) bond motifs is 1. The minimum Gasteiger partial charge on any atom is -0.457 e. The minimum atomic E-state index is -0.323. The van der Waals surface area contributed by atoms with Crippen LogP contribution in [-0.2, 0) is 4.79 Å². The van der Waals surface area contributed by atoms with E-state index >= 15 is 0 Å². The van der Waals surface area contributed by atoms with Crippen LogP contribution < -0.4 is 20.9 Å². The summed E-state index contributed by atoms with van der Waals surface area (Å²) in [6, 6.07) is 17.2. The number of carbonyl (C=O) groups excluding carboxylic acids is 1. The SMILES string of the molecule is N#CN1C[C@@H]2C[C@]2(NC(=O)C2CC(c3ccccc3Oc3ccccc3)NN2)C1. The van der Waals surface area contributed by atoms with Crippen LogP contribution >= 0.6 is 0 Å². The molecular formula is C22H23N5O2. The monoisotopic (exact) mass is 389 g/mol. The summed E-state index contributed by atoms with van der Waals surface area (Å²) in [4.78, 5) is 14.6. The number of nitrogens with one attached hydrogen (secondary N) is 3. The van der Waals surface area contributed by atoms with Crippen LogP contribution in [-0.4, -0.2) is 35.5 Å². The molecule has 3 aliphatic rings. The van der Waals surface area contributed by atoms with Gasteiger partial charge in [-0.1, -0.05) is 36.4 Å². The van der Waals surface area contributed by atoms with Crippen molar-refractivity contribution in [3.63, 3.8) is 0 Å². The maximum absolute atomic E-state index is 12.8. The van der Waals surface area contributed by atoms with E-state index in [0.29, 0.717) is 18.9 Å². The first-order valence-corrected chi connectivity index (χ1v) is 9.96. The lowest BCUT2D eigenvalue weighted by atomic mass is 10.0. The highest BCUT2D eigenvalue weighted by Crippen LogP contribution is 2.49. The van der Waals surface area contributed by atoms with Gasteiger partial charge in [0.05, 0.1) is 18.1 Å². The molecule has 4 atom stereocenters. The lowest BCUT2D eigenvalue weighted by Gasteiger charge is -2.19. The number of hydrazine groups is 1. The van der Waals surface area contributed by atoms with E-state index in [1.54, 1.807) is 4.90 Å². The molecule has 29 heavy (non-hydrogen) atoms. The first-order valence-electron chi connectivity index (χ1n) is 9.96. The van der Waals surface area contributed by atoms with Crippen molar-refractivity contribution in [2.75, 3.05) is 13.1 Å². The summed E-state index contributed by atoms with van der Waals surface area (Å²) in [6.07, 6.45) is 3.78. The Balaban J connectivity index is 1.25. The molecule has 2 aromatic carbocycles. The van der Waals surface area contributed by atoms with Crippen molar-refractivity contribution in [3.8, 4) is 17.7 Å². The van der Waals surface area contributed by atoms with E-state index in [1.165, 1.54) is 0 Å². The quantitative estimate of drug-likeness (QED) is 0.679. The largest absolute Gasteiger partial charge is 0.457 e. The first kappa shape index (κ1) is 18.0. The highest BCUT2D eigenvalue weighted by atomic mass is 16.5. The predicted octanol–water partition coefficient (Wildman–Crippen LogP) is 2.06. The van der Waals surface area contributed by atoms with E-state index < -0.39 is 0 Å². The van der Waals surface area contributed by atoms with Gasteiger partial charge in [0, 0.05) is 18.0 Å². The van der Waals surface area contributed by atoms with Crippen molar-refractivity contribution in [2.45, 2.75) is 30.5 Å². The van der Waals surface area contributed by atoms with Crippen LogP contribution in [0, 0.1) is 17.4 Å². The van der Waals surface area contributed by atoms with Gasteiger partial charge < -0.3 is 15.0 Å². The number of para-hydroxylation sites is 2. The molecule has 5 rings (SSSR count). The number of nitriles is 1. The third-order valence-corrected chi connectivity index (χ3v) is 6.14. The molecule has 148 valence electrons. The van der Waals surface area contributed by atoms with Gasteiger partial charge in [0.25, 0.3) is 0 Å². The maximum atomic E-state index is 12.8. The van der Waals surface area contributed by atoms with Crippen molar-refractivity contribution in [3.05, 3.63) is 60.2 Å². The van der Waals surface area contributed by atoms with Crippen LogP contribution in [0.15, 0.2) is 54.6 Å². The second-order valence-corrected chi connectivity index (χ2v) is 8.11. The summed E-state index contributed by atoms with van der Waals surface area (Å²) in [5.74, 6) is 1.95. The molecule has 3 fully saturated rings. The number of nitrogens with zero attached hydrogens (tertiary/aromatic N) is 2. The lowest BCUT2D eigenvalue weighted by Crippen LogP contribution is -2.50. The third kappa shape index (κ3) is 3.41. The lowest BCUT2D eigenvalue weighted by molar-refractivity contribution is -0.123. The summed E-state index contributed by atoms with van der Waals surface area (Å²) in [5, 5.41) is 12.3. The Labute approximate surface area is 169 Å². The number of likely N-dealkylation sites (tertiary alicyclic amines) is 1. The molecular weight excluding hydrogens is 366 g/mol. The standard InChI is InChI=1S/C22H23N5O2/c23-14-27-12-15-11-22(15,13-27)24-21(28)19-10-18(25-26-19)17-8-4-5-9-20(17)29-16-6-2-1-3-7-16/h1-9,15,18-19,25-26H,10-13H2,(H,24,28)/t15-,18?,19?,22-/m0/s1. The zero-order valence-electron chi connectivity index (χ0n) is 16.0. The van der Waals surface area contributed by atoms with Crippen LogP contribution in [0.25, 0.3) is 0 Å². The summed E-state index contributed by atoms with van der Waals surface area (Å²) in [5.41, 5.74) is 7.19. The topological polar surface area (TPSA) is 89.4 Å². The van der Waals surface area contributed by atoms with Crippen molar-refractivity contribution in [1.82, 2.24) is 21.1 Å². The summed E-state index contributed by atoms with van der Waals surface area (Å²) in [6.45, 7) is 1.37. The van der Waals surface area contributed by atoms with E-state index in [-0.39, 0.29) is 23.5 Å². The normalized spacial score (nSPS) is 29.8. The molecule has 2 aromatic rings. The Bertz CT molecular complexity index is 959. The third-order valence-electron chi connectivity index (χ3n) is 6.14. The predicted molar refractivity (Wildman–Crippen MR) is 107 cm³/mol. The van der Waals surface area contributed by atoms with E-state index in [2.05, 4.69) is 22.4 Å². The summed E-state index contributed by atoms with van der Waals surface area (Å²) in [7, 11) is 0. The van der Waals surface area contributed by atoms with Gasteiger partial charge >= 0.3 is 0 Å². The molecule has 1 amide bonds. The highest BCUT2D eigenvalue weighted by Gasteiger charge is 2.61. The van der Waals surface area contributed by atoms with Gasteiger partial charge in [-0.3, -0.25) is 4.79 Å².